The lowest BCUT2D eigenvalue weighted by Crippen LogP contribution is -2.54. The summed E-state index contributed by atoms with van der Waals surface area (Å²) in [6.07, 6.45) is 2.94. The Morgan fingerprint density at radius 1 is 1.21 bits per heavy atom. The van der Waals surface area contributed by atoms with Gasteiger partial charge in [-0.2, -0.15) is 0 Å². The highest BCUT2D eigenvalue weighted by atomic mass is 32.2. The standard InChI is InChI=1S/C19H34N4O5S/c1-9-10-15(24)22(6)13(2)17(26)23(7)14(16(25)21-18(27)20-5)11-19(3,4)28-12-29-8/h14H,2,9-12H2,1,3-8H3,(H2,20,21,25,27)/t14-/m0/s1. The SMILES string of the molecule is C=C(C(=O)N(C)[C@@H](CC(C)(C)OCSC)C(=O)NC(=O)NC)N(C)C(=O)CCC. The molecule has 0 aromatic carbocycles. The minimum Gasteiger partial charge on any atom is -0.365 e. The molecule has 0 bridgehead atoms. The summed E-state index contributed by atoms with van der Waals surface area (Å²) in [5, 5.41) is 4.51. The van der Waals surface area contributed by atoms with Gasteiger partial charge in [-0.05, 0) is 26.5 Å². The van der Waals surface area contributed by atoms with Crippen molar-refractivity contribution in [3.63, 3.8) is 0 Å². The van der Waals surface area contributed by atoms with Crippen molar-refractivity contribution in [3.05, 3.63) is 12.3 Å². The van der Waals surface area contributed by atoms with E-state index in [1.807, 2.05) is 13.2 Å². The van der Waals surface area contributed by atoms with Crippen LogP contribution in [0.2, 0.25) is 0 Å². The first-order valence-corrected chi connectivity index (χ1v) is 10.7. The van der Waals surface area contributed by atoms with Crippen molar-refractivity contribution in [1.82, 2.24) is 20.4 Å². The van der Waals surface area contributed by atoms with E-state index < -0.39 is 29.5 Å². The molecule has 1 atom stereocenters. The number of rotatable bonds is 11. The van der Waals surface area contributed by atoms with Crippen LogP contribution in [0, 0.1) is 0 Å². The van der Waals surface area contributed by atoms with E-state index in [0.29, 0.717) is 12.4 Å². The van der Waals surface area contributed by atoms with E-state index in [1.54, 1.807) is 13.8 Å². The summed E-state index contributed by atoms with van der Waals surface area (Å²) in [6, 6.07) is -1.69. The van der Waals surface area contributed by atoms with E-state index >= 15 is 0 Å². The summed E-state index contributed by atoms with van der Waals surface area (Å²) >= 11 is 1.48. The third kappa shape index (κ3) is 8.86. The molecular weight excluding hydrogens is 396 g/mol. The topological polar surface area (TPSA) is 108 Å². The summed E-state index contributed by atoms with van der Waals surface area (Å²) in [7, 11) is 4.29. The second-order valence-corrected chi connectivity index (χ2v) is 7.98. The fourth-order valence-electron chi connectivity index (χ4n) is 2.43. The number of carbonyl (C=O) groups is 4. The first kappa shape index (κ1) is 26.9. The van der Waals surface area contributed by atoms with Crippen molar-refractivity contribution in [1.29, 1.82) is 0 Å². The van der Waals surface area contributed by atoms with E-state index in [4.69, 9.17) is 4.74 Å². The summed E-state index contributed by atoms with van der Waals surface area (Å²) < 4.78 is 5.76. The van der Waals surface area contributed by atoms with Crippen LogP contribution in [-0.4, -0.2) is 78.5 Å². The average molecular weight is 431 g/mol. The van der Waals surface area contributed by atoms with Crippen LogP contribution in [0.5, 0.6) is 0 Å². The molecule has 0 aliphatic carbocycles. The van der Waals surface area contributed by atoms with Gasteiger partial charge >= 0.3 is 6.03 Å². The van der Waals surface area contributed by atoms with Crippen molar-refractivity contribution in [3.8, 4) is 0 Å². The Hall–Kier alpha value is -2.07. The minimum absolute atomic E-state index is 0.0495. The number of imide groups is 1. The third-order valence-corrected chi connectivity index (χ3v) is 4.65. The first-order valence-electron chi connectivity index (χ1n) is 9.29. The Bertz CT molecular complexity index is 624. The normalized spacial score (nSPS) is 12.0. The van der Waals surface area contributed by atoms with Gasteiger partial charge < -0.3 is 19.9 Å². The number of likely N-dealkylation sites (N-methyl/N-ethyl adjacent to an activating group) is 2. The van der Waals surface area contributed by atoms with Crippen LogP contribution in [0.15, 0.2) is 12.3 Å². The molecule has 0 unspecified atom stereocenters. The number of hydrogen-bond acceptors (Lipinski definition) is 6. The Kier molecular flexibility index (Phi) is 11.6. The van der Waals surface area contributed by atoms with Gasteiger partial charge in [0.25, 0.3) is 11.8 Å². The van der Waals surface area contributed by atoms with Crippen molar-refractivity contribution >= 4 is 35.5 Å². The molecule has 2 N–H and O–H groups in total. The summed E-state index contributed by atoms with van der Waals surface area (Å²) in [6.45, 7) is 9.17. The van der Waals surface area contributed by atoms with Gasteiger partial charge in [-0.15, -0.1) is 11.8 Å². The van der Waals surface area contributed by atoms with Crippen LogP contribution in [0.1, 0.15) is 40.0 Å². The number of carbonyl (C=O) groups excluding carboxylic acids is 4. The third-order valence-electron chi connectivity index (χ3n) is 4.30. The Balaban J connectivity index is 5.59. The van der Waals surface area contributed by atoms with Crippen molar-refractivity contribution in [2.75, 3.05) is 33.3 Å². The lowest BCUT2D eigenvalue weighted by atomic mass is 9.97. The number of nitrogens with zero attached hydrogens (tertiary/aromatic N) is 2. The average Bonchev–Trinajstić information content (AvgIpc) is 2.68. The van der Waals surface area contributed by atoms with Crippen LogP contribution < -0.4 is 10.6 Å². The molecule has 5 amide bonds. The maximum atomic E-state index is 12.9. The van der Waals surface area contributed by atoms with Gasteiger partial charge in [0.15, 0.2) is 0 Å². The first-order chi connectivity index (χ1) is 13.4. The van der Waals surface area contributed by atoms with Crippen molar-refractivity contribution in [2.45, 2.75) is 51.7 Å². The zero-order chi connectivity index (χ0) is 22.8. The molecule has 10 heteroatoms. The zero-order valence-corrected chi connectivity index (χ0v) is 19.3. The largest absolute Gasteiger partial charge is 0.365 e. The van der Waals surface area contributed by atoms with Crippen LogP contribution in [0.25, 0.3) is 0 Å². The number of amides is 5. The highest BCUT2D eigenvalue weighted by Crippen LogP contribution is 2.22. The zero-order valence-electron chi connectivity index (χ0n) is 18.5. The molecule has 0 heterocycles. The van der Waals surface area contributed by atoms with Gasteiger partial charge in [0.1, 0.15) is 11.7 Å². The van der Waals surface area contributed by atoms with Gasteiger partial charge in [-0.25, -0.2) is 4.79 Å². The molecule has 0 saturated heterocycles. The molecule has 0 spiro atoms. The lowest BCUT2D eigenvalue weighted by molar-refractivity contribution is -0.141. The smallest absolute Gasteiger partial charge is 0.321 e. The number of ether oxygens (including phenoxy) is 1. The van der Waals surface area contributed by atoms with E-state index in [-0.39, 0.29) is 24.4 Å². The van der Waals surface area contributed by atoms with Crippen molar-refractivity contribution in [2.24, 2.45) is 0 Å². The van der Waals surface area contributed by atoms with Crippen molar-refractivity contribution < 1.29 is 23.9 Å². The highest BCUT2D eigenvalue weighted by molar-refractivity contribution is 7.98. The Morgan fingerprint density at radius 2 is 1.79 bits per heavy atom. The predicted octanol–water partition coefficient (Wildman–Crippen LogP) is 1.55. The molecular formula is C19H34N4O5S. The second kappa shape index (κ2) is 12.5. The fourth-order valence-corrected chi connectivity index (χ4v) is 2.86. The van der Waals surface area contributed by atoms with Gasteiger partial charge in [-0.3, -0.25) is 19.7 Å². The summed E-state index contributed by atoms with van der Waals surface area (Å²) in [4.78, 5) is 51.7. The minimum atomic E-state index is -1.01. The van der Waals surface area contributed by atoms with E-state index in [9.17, 15) is 19.2 Å². The number of nitrogens with one attached hydrogen (secondary N) is 2. The fraction of sp³-hybridized carbons (Fsp3) is 0.684. The molecule has 0 aromatic rings. The second-order valence-electron chi connectivity index (χ2n) is 7.16. The number of hydrogen-bond donors (Lipinski definition) is 2. The highest BCUT2D eigenvalue weighted by Gasteiger charge is 2.36. The molecule has 0 aromatic heterocycles. The maximum Gasteiger partial charge on any atom is 0.321 e. The summed E-state index contributed by atoms with van der Waals surface area (Å²) in [5.74, 6) is -1.07. The molecule has 0 saturated carbocycles. The number of thioether (sulfide) groups is 1. The predicted molar refractivity (Wildman–Crippen MR) is 114 cm³/mol. The molecule has 0 radical (unpaired) electrons. The maximum absolute atomic E-state index is 12.9. The van der Waals surface area contributed by atoms with E-state index in [2.05, 4.69) is 17.2 Å². The summed E-state index contributed by atoms with van der Waals surface area (Å²) in [5.41, 5.74) is -0.792. The molecule has 9 nitrogen and oxygen atoms in total. The van der Waals surface area contributed by atoms with Crippen LogP contribution in [0.4, 0.5) is 4.79 Å². The van der Waals surface area contributed by atoms with E-state index in [1.165, 1.54) is 42.7 Å². The molecule has 0 aliphatic rings. The van der Waals surface area contributed by atoms with Gasteiger partial charge in [0.2, 0.25) is 5.91 Å². The molecule has 0 aliphatic heterocycles. The van der Waals surface area contributed by atoms with Crippen LogP contribution >= 0.6 is 11.8 Å². The Morgan fingerprint density at radius 3 is 2.28 bits per heavy atom. The van der Waals surface area contributed by atoms with Crippen LogP contribution in [0.3, 0.4) is 0 Å². The molecule has 166 valence electrons. The van der Waals surface area contributed by atoms with Gasteiger partial charge in [0, 0.05) is 34.0 Å². The van der Waals surface area contributed by atoms with E-state index in [0.717, 1.165) is 0 Å². The Labute approximate surface area is 177 Å². The lowest BCUT2D eigenvalue weighted by Gasteiger charge is -2.35. The molecule has 0 rings (SSSR count). The van der Waals surface area contributed by atoms with Gasteiger partial charge in [-0.1, -0.05) is 13.5 Å². The molecule has 0 fully saturated rings. The number of urea groups is 1. The monoisotopic (exact) mass is 430 g/mol. The van der Waals surface area contributed by atoms with Crippen LogP contribution in [-0.2, 0) is 19.1 Å². The quantitative estimate of drug-likeness (QED) is 0.380. The molecule has 29 heavy (non-hydrogen) atoms. The van der Waals surface area contributed by atoms with Gasteiger partial charge in [0.05, 0.1) is 11.5 Å².